The molecule has 1 aliphatic carbocycles. The lowest BCUT2D eigenvalue weighted by atomic mass is 9.67. The molecule has 72 valence electrons. The topological polar surface area (TPSA) is 0 Å². The average Bonchev–Trinajstić information content (AvgIpc) is 2.40. The van der Waals surface area contributed by atoms with Gasteiger partial charge < -0.3 is 0 Å². The third-order valence-electron chi connectivity index (χ3n) is 3.61. The van der Waals surface area contributed by atoms with Gasteiger partial charge in [0.25, 0.3) is 0 Å². The fourth-order valence-corrected chi connectivity index (χ4v) is 2.40. The van der Waals surface area contributed by atoms with E-state index in [4.69, 9.17) is 0 Å². The van der Waals surface area contributed by atoms with Gasteiger partial charge in [0.15, 0.2) is 0 Å². The van der Waals surface area contributed by atoms with Crippen LogP contribution in [0.15, 0.2) is 0 Å². The maximum absolute atomic E-state index is 2.44. The quantitative estimate of drug-likeness (QED) is 0.578. The summed E-state index contributed by atoms with van der Waals surface area (Å²) in [7, 11) is 0. The van der Waals surface area contributed by atoms with Crippen molar-refractivity contribution in [3.63, 3.8) is 0 Å². The van der Waals surface area contributed by atoms with Gasteiger partial charge in [-0.05, 0) is 35.5 Å². The van der Waals surface area contributed by atoms with E-state index in [0.29, 0.717) is 16.2 Å². The molecule has 0 N–H and O–H groups in total. The molecule has 0 aliphatic heterocycles. The fourth-order valence-electron chi connectivity index (χ4n) is 2.40. The lowest BCUT2D eigenvalue weighted by Crippen LogP contribution is -2.28. The first-order chi connectivity index (χ1) is 5.16. The standard InChI is InChI=1S/C12H24/c1-10(2,3)9-11(4,5)12(6)7-8-12/h7-9H2,1-6H3. The smallest absolute Gasteiger partial charge is 0.0274 e. The highest BCUT2D eigenvalue weighted by atomic mass is 14.6. The zero-order valence-electron chi connectivity index (χ0n) is 9.62. The van der Waals surface area contributed by atoms with Crippen molar-refractivity contribution >= 4 is 0 Å². The second kappa shape index (κ2) is 2.49. The van der Waals surface area contributed by atoms with Crippen LogP contribution in [-0.2, 0) is 0 Å². The lowest BCUT2D eigenvalue weighted by Gasteiger charge is -2.38. The molecule has 0 heteroatoms. The van der Waals surface area contributed by atoms with Crippen molar-refractivity contribution in [1.82, 2.24) is 0 Å². The first-order valence-corrected chi connectivity index (χ1v) is 5.16. The van der Waals surface area contributed by atoms with E-state index in [2.05, 4.69) is 41.5 Å². The van der Waals surface area contributed by atoms with Crippen LogP contribution in [0.4, 0.5) is 0 Å². The summed E-state index contributed by atoms with van der Waals surface area (Å²) in [5.41, 5.74) is 1.67. The summed E-state index contributed by atoms with van der Waals surface area (Å²) in [5, 5.41) is 0. The Morgan fingerprint density at radius 3 is 1.67 bits per heavy atom. The molecule has 1 rings (SSSR count). The minimum atomic E-state index is 0.481. The minimum Gasteiger partial charge on any atom is -0.0602 e. The van der Waals surface area contributed by atoms with Gasteiger partial charge in [0.2, 0.25) is 0 Å². The molecule has 1 saturated carbocycles. The molecular formula is C12H24. The van der Waals surface area contributed by atoms with Crippen LogP contribution in [0.25, 0.3) is 0 Å². The molecule has 0 atom stereocenters. The van der Waals surface area contributed by atoms with Gasteiger partial charge in [0, 0.05) is 0 Å². The summed E-state index contributed by atoms with van der Waals surface area (Å²) in [6.45, 7) is 14.4. The highest BCUT2D eigenvalue weighted by molar-refractivity contribution is 5.01. The normalized spacial score (nSPS) is 22.5. The molecule has 0 amide bonds. The largest absolute Gasteiger partial charge is 0.0602 e. The predicted molar refractivity (Wildman–Crippen MR) is 55.2 cm³/mol. The van der Waals surface area contributed by atoms with Crippen molar-refractivity contribution in [3.8, 4) is 0 Å². The Morgan fingerprint density at radius 1 is 1.00 bits per heavy atom. The molecule has 1 aliphatic rings. The van der Waals surface area contributed by atoms with Crippen LogP contribution in [0.3, 0.4) is 0 Å². The van der Waals surface area contributed by atoms with E-state index in [1.54, 1.807) is 0 Å². The molecule has 0 bridgehead atoms. The monoisotopic (exact) mass is 168 g/mol. The van der Waals surface area contributed by atoms with Gasteiger partial charge in [0.05, 0.1) is 0 Å². The Bertz CT molecular complexity index is 165. The third-order valence-corrected chi connectivity index (χ3v) is 3.61. The highest BCUT2D eigenvalue weighted by Gasteiger charge is 2.50. The summed E-state index contributed by atoms with van der Waals surface area (Å²) in [6.07, 6.45) is 4.22. The Kier molecular flexibility index (Phi) is 2.10. The molecule has 0 heterocycles. The van der Waals surface area contributed by atoms with E-state index in [0.717, 1.165) is 0 Å². The molecular weight excluding hydrogens is 144 g/mol. The lowest BCUT2D eigenvalue weighted by molar-refractivity contribution is 0.124. The van der Waals surface area contributed by atoms with Crippen molar-refractivity contribution in [2.45, 2.75) is 60.8 Å². The molecule has 0 aromatic carbocycles. The molecule has 1 fully saturated rings. The van der Waals surface area contributed by atoms with Gasteiger partial charge in [-0.1, -0.05) is 41.5 Å². The van der Waals surface area contributed by atoms with Crippen LogP contribution in [0, 0.1) is 16.2 Å². The maximum atomic E-state index is 2.44. The van der Waals surface area contributed by atoms with Crippen molar-refractivity contribution in [2.24, 2.45) is 16.2 Å². The van der Waals surface area contributed by atoms with Crippen LogP contribution >= 0.6 is 0 Å². The van der Waals surface area contributed by atoms with Crippen LogP contribution in [0.5, 0.6) is 0 Å². The van der Waals surface area contributed by atoms with Crippen LogP contribution in [0.1, 0.15) is 60.8 Å². The third kappa shape index (κ3) is 2.02. The Hall–Kier alpha value is 0. The maximum Gasteiger partial charge on any atom is -0.0274 e. The van der Waals surface area contributed by atoms with Crippen molar-refractivity contribution in [3.05, 3.63) is 0 Å². The predicted octanol–water partition coefficient (Wildman–Crippen LogP) is 4.25. The minimum absolute atomic E-state index is 0.481. The first-order valence-electron chi connectivity index (χ1n) is 5.16. The Balaban J connectivity index is 2.61. The second-order valence-corrected chi connectivity index (χ2v) is 6.68. The van der Waals surface area contributed by atoms with Crippen molar-refractivity contribution in [1.29, 1.82) is 0 Å². The molecule has 0 saturated heterocycles. The van der Waals surface area contributed by atoms with Crippen LogP contribution < -0.4 is 0 Å². The van der Waals surface area contributed by atoms with E-state index >= 15 is 0 Å². The summed E-state index contributed by atoms with van der Waals surface area (Å²) >= 11 is 0. The molecule has 12 heavy (non-hydrogen) atoms. The summed E-state index contributed by atoms with van der Waals surface area (Å²) in [4.78, 5) is 0. The van der Waals surface area contributed by atoms with Gasteiger partial charge in [-0.3, -0.25) is 0 Å². The fraction of sp³-hybridized carbons (Fsp3) is 1.00. The van der Waals surface area contributed by atoms with Gasteiger partial charge in [0.1, 0.15) is 0 Å². The number of hydrogen-bond donors (Lipinski definition) is 0. The number of hydrogen-bond acceptors (Lipinski definition) is 0. The van der Waals surface area contributed by atoms with Gasteiger partial charge in [-0.2, -0.15) is 0 Å². The molecule has 0 aromatic heterocycles. The molecule has 0 nitrogen and oxygen atoms in total. The Labute approximate surface area is 77.7 Å². The summed E-state index contributed by atoms with van der Waals surface area (Å²) < 4.78 is 0. The van der Waals surface area contributed by atoms with E-state index in [-0.39, 0.29) is 0 Å². The average molecular weight is 168 g/mol. The van der Waals surface area contributed by atoms with Crippen molar-refractivity contribution in [2.75, 3.05) is 0 Å². The van der Waals surface area contributed by atoms with Gasteiger partial charge in [-0.15, -0.1) is 0 Å². The zero-order chi connectivity index (χ0) is 9.62. The molecule has 0 radical (unpaired) electrons. The van der Waals surface area contributed by atoms with Crippen LogP contribution in [-0.4, -0.2) is 0 Å². The zero-order valence-corrected chi connectivity index (χ0v) is 9.62. The van der Waals surface area contributed by atoms with Gasteiger partial charge >= 0.3 is 0 Å². The molecule has 0 spiro atoms. The van der Waals surface area contributed by atoms with Gasteiger partial charge in [-0.25, -0.2) is 0 Å². The molecule has 0 aromatic rings. The number of rotatable bonds is 2. The van der Waals surface area contributed by atoms with Crippen molar-refractivity contribution < 1.29 is 0 Å². The van der Waals surface area contributed by atoms with E-state index < -0.39 is 0 Å². The second-order valence-electron chi connectivity index (χ2n) is 6.68. The van der Waals surface area contributed by atoms with E-state index in [1.165, 1.54) is 19.3 Å². The Morgan fingerprint density at radius 2 is 1.42 bits per heavy atom. The highest BCUT2D eigenvalue weighted by Crippen LogP contribution is 2.61. The summed E-state index contributed by atoms with van der Waals surface area (Å²) in [6, 6.07) is 0. The van der Waals surface area contributed by atoms with Crippen LogP contribution in [0.2, 0.25) is 0 Å². The van der Waals surface area contributed by atoms with E-state index in [9.17, 15) is 0 Å². The molecule has 0 unspecified atom stereocenters. The SMILES string of the molecule is CC(C)(C)CC(C)(C)C1(C)CC1. The first kappa shape index (κ1) is 10.1. The van der Waals surface area contributed by atoms with E-state index in [1.807, 2.05) is 0 Å². The summed E-state index contributed by atoms with van der Waals surface area (Å²) in [5.74, 6) is 0.